The molecule has 0 saturated heterocycles. The van der Waals surface area contributed by atoms with Gasteiger partial charge in [0.15, 0.2) is 5.76 Å². The minimum Gasteiger partial charge on any atom is -0.474 e. The number of nitrogens with zero attached hydrogens (tertiary/aromatic N) is 1. The van der Waals surface area contributed by atoms with E-state index in [1.54, 1.807) is 12.1 Å². The fourth-order valence-corrected chi connectivity index (χ4v) is 3.11. The molecule has 1 aromatic carbocycles. The summed E-state index contributed by atoms with van der Waals surface area (Å²) in [5, 5.41) is 2.19. The van der Waals surface area contributed by atoms with E-state index in [0.29, 0.717) is 36.1 Å². The van der Waals surface area contributed by atoms with Gasteiger partial charge in [0, 0.05) is 30.7 Å². The van der Waals surface area contributed by atoms with Gasteiger partial charge in [0.1, 0.15) is 11.9 Å². The minimum atomic E-state index is -4.57. The van der Waals surface area contributed by atoms with Gasteiger partial charge in [-0.2, -0.15) is 18.3 Å². The fraction of sp³-hybridized carbons (Fsp3) is 0.300. The number of hydrogen-bond donors (Lipinski definition) is 1. The summed E-state index contributed by atoms with van der Waals surface area (Å²) < 4.78 is 68.5. The van der Waals surface area contributed by atoms with Crippen molar-refractivity contribution in [1.29, 1.82) is 0 Å². The number of halogens is 4. The molecule has 6 nitrogen and oxygen atoms in total. The van der Waals surface area contributed by atoms with Crippen LogP contribution in [0.1, 0.15) is 24.0 Å². The van der Waals surface area contributed by atoms with E-state index in [-0.39, 0.29) is 29.9 Å². The van der Waals surface area contributed by atoms with Gasteiger partial charge in [-0.25, -0.2) is 9.37 Å². The molecule has 0 aliphatic heterocycles. The quantitative estimate of drug-likeness (QED) is 0.597. The molecule has 30 heavy (non-hydrogen) atoms. The number of H-pyrrole nitrogens is 1. The van der Waals surface area contributed by atoms with Crippen LogP contribution in [0.25, 0.3) is 11.3 Å². The van der Waals surface area contributed by atoms with Crippen molar-refractivity contribution < 1.29 is 31.6 Å². The van der Waals surface area contributed by atoms with Crippen LogP contribution in [0.2, 0.25) is 0 Å². The Labute approximate surface area is 167 Å². The fourth-order valence-electron chi connectivity index (χ4n) is 3.11. The Bertz CT molecular complexity index is 1070. The number of alkyl halides is 3. The molecule has 2 heterocycles. The van der Waals surface area contributed by atoms with Gasteiger partial charge < -0.3 is 14.0 Å². The zero-order valence-corrected chi connectivity index (χ0v) is 15.4. The van der Waals surface area contributed by atoms with Crippen molar-refractivity contribution in [1.82, 2.24) is 10.1 Å². The predicted molar refractivity (Wildman–Crippen MR) is 96.2 cm³/mol. The van der Waals surface area contributed by atoms with Gasteiger partial charge in [-0.1, -0.05) is 0 Å². The summed E-state index contributed by atoms with van der Waals surface area (Å²) in [6.07, 6.45) is -2.59. The molecule has 10 heteroatoms. The number of aromatic nitrogens is 2. The molecule has 2 aromatic heterocycles. The second-order valence-corrected chi connectivity index (χ2v) is 6.91. The second-order valence-electron chi connectivity index (χ2n) is 6.91. The maximum atomic E-state index is 13.3. The highest BCUT2D eigenvalue weighted by Crippen LogP contribution is 2.34. The number of ether oxygens (including phenoxy) is 2. The van der Waals surface area contributed by atoms with Crippen LogP contribution < -0.4 is 10.3 Å². The second kappa shape index (κ2) is 7.94. The summed E-state index contributed by atoms with van der Waals surface area (Å²) in [5.74, 6) is -0.0267. The van der Waals surface area contributed by atoms with Gasteiger partial charge in [0.25, 0.3) is 5.56 Å². The monoisotopic (exact) mass is 424 g/mol. The first-order valence-corrected chi connectivity index (χ1v) is 9.07. The van der Waals surface area contributed by atoms with Crippen LogP contribution in [-0.2, 0) is 17.5 Å². The van der Waals surface area contributed by atoms with E-state index in [0.717, 1.165) is 12.1 Å². The first kappa shape index (κ1) is 20.1. The predicted octanol–water partition coefficient (Wildman–Crippen LogP) is 4.31. The number of rotatable bonds is 6. The number of hydrogen-bond acceptors (Lipinski definition) is 5. The van der Waals surface area contributed by atoms with E-state index in [1.165, 1.54) is 12.3 Å². The lowest BCUT2D eigenvalue weighted by molar-refractivity contribution is -0.140. The molecule has 0 radical (unpaired) electrons. The van der Waals surface area contributed by atoms with E-state index >= 15 is 0 Å². The van der Waals surface area contributed by atoms with Crippen molar-refractivity contribution in [3.8, 4) is 17.2 Å². The number of aromatic amines is 1. The number of nitrogens with one attached hydrogen (secondary N) is 1. The molecule has 1 aliphatic carbocycles. The Morgan fingerprint density at radius 2 is 1.93 bits per heavy atom. The molecule has 1 saturated carbocycles. The normalized spacial score (nSPS) is 18.8. The zero-order valence-electron chi connectivity index (χ0n) is 15.4. The molecule has 0 bridgehead atoms. The van der Waals surface area contributed by atoms with Crippen LogP contribution in [-0.4, -0.2) is 22.3 Å². The largest absolute Gasteiger partial charge is 0.474 e. The molecule has 0 atom stereocenters. The Balaban J connectivity index is 1.28. The van der Waals surface area contributed by atoms with Crippen LogP contribution in [0.15, 0.2) is 51.9 Å². The summed E-state index contributed by atoms with van der Waals surface area (Å²) in [5.41, 5.74) is -0.892. The van der Waals surface area contributed by atoms with Crippen LogP contribution in [0, 0.1) is 5.82 Å². The van der Waals surface area contributed by atoms with Gasteiger partial charge >= 0.3 is 6.18 Å². The van der Waals surface area contributed by atoms with Gasteiger partial charge in [0.05, 0.1) is 24.3 Å². The third-order valence-electron chi connectivity index (χ3n) is 4.73. The lowest BCUT2D eigenvalue weighted by atomic mass is 9.92. The zero-order chi connectivity index (χ0) is 21.3. The van der Waals surface area contributed by atoms with Crippen molar-refractivity contribution in [2.75, 3.05) is 0 Å². The van der Waals surface area contributed by atoms with Crippen LogP contribution in [0.5, 0.6) is 5.88 Å². The van der Waals surface area contributed by atoms with Crippen LogP contribution in [0.4, 0.5) is 17.6 Å². The Morgan fingerprint density at radius 1 is 1.13 bits per heavy atom. The summed E-state index contributed by atoms with van der Waals surface area (Å²) in [4.78, 5) is 15.2. The van der Waals surface area contributed by atoms with Crippen LogP contribution >= 0.6 is 0 Å². The Morgan fingerprint density at radius 3 is 2.57 bits per heavy atom. The average molecular weight is 424 g/mol. The van der Waals surface area contributed by atoms with Crippen molar-refractivity contribution >= 4 is 0 Å². The summed E-state index contributed by atoms with van der Waals surface area (Å²) in [6.45, 7) is -0.335. The maximum Gasteiger partial charge on any atom is 0.416 e. The third kappa shape index (κ3) is 4.54. The third-order valence-corrected chi connectivity index (χ3v) is 4.73. The highest BCUT2D eigenvalue weighted by atomic mass is 19.4. The molecule has 158 valence electrons. The molecule has 1 fully saturated rings. The van der Waals surface area contributed by atoms with Crippen molar-refractivity contribution in [3.05, 3.63) is 69.9 Å². The summed E-state index contributed by atoms with van der Waals surface area (Å²) in [6, 6.07) is 6.95. The molecule has 1 aliphatic rings. The van der Waals surface area contributed by atoms with Gasteiger partial charge in [0.2, 0.25) is 5.88 Å². The maximum absolute atomic E-state index is 13.3. The van der Waals surface area contributed by atoms with E-state index in [1.807, 2.05) is 0 Å². The highest BCUT2D eigenvalue weighted by Gasteiger charge is 2.35. The number of pyridine rings is 1. The molecule has 1 N–H and O–H groups in total. The van der Waals surface area contributed by atoms with E-state index in [9.17, 15) is 22.4 Å². The topological polar surface area (TPSA) is 77.3 Å². The highest BCUT2D eigenvalue weighted by molar-refractivity contribution is 5.55. The van der Waals surface area contributed by atoms with Crippen molar-refractivity contribution in [2.45, 2.75) is 37.8 Å². The van der Waals surface area contributed by atoms with Gasteiger partial charge in [-0.15, -0.1) is 0 Å². The SMILES string of the molecule is O=c1cc(-c2ccc(OC3CC(OCc4cc(F)ccc4C(F)(F)F)C3)nc2)o[nH]1. The van der Waals surface area contributed by atoms with Crippen LogP contribution in [0.3, 0.4) is 0 Å². The van der Waals surface area contributed by atoms with Crippen molar-refractivity contribution in [3.63, 3.8) is 0 Å². The Kier molecular flexibility index (Phi) is 5.33. The van der Waals surface area contributed by atoms with Crippen molar-refractivity contribution in [2.24, 2.45) is 0 Å². The van der Waals surface area contributed by atoms with E-state index in [4.69, 9.17) is 14.0 Å². The first-order chi connectivity index (χ1) is 14.3. The Hall–Kier alpha value is -3.14. The first-order valence-electron chi connectivity index (χ1n) is 9.07. The number of benzene rings is 1. The standard InChI is InChI=1S/C20H16F4N2O4/c21-13-2-3-16(20(22,23)24)12(5-13)10-28-14-6-15(7-14)29-19-4-1-11(9-25-19)17-8-18(27)26-30-17/h1-5,8-9,14-15H,6-7,10H2,(H,26,27). The minimum absolute atomic E-state index is 0.187. The van der Waals surface area contributed by atoms with Gasteiger partial charge in [-0.05, 0) is 29.8 Å². The molecule has 0 unspecified atom stereocenters. The summed E-state index contributed by atoms with van der Waals surface area (Å²) >= 11 is 0. The molecular formula is C20H16F4N2O4. The molecule has 0 spiro atoms. The molecule has 0 amide bonds. The van der Waals surface area contributed by atoms with E-state index < -0.39 is 17.6 Å². The van der Waals surface area contributed by atoms with E-state index in [2.05, 4.69) is 10.1 Å². The lowest BCUT2D eigenvalue weighted by Crippen LogP contribution is -2.39. The average Bonchev–Trinajstić information content (AvgIpc) is 3.09. The lowest BCUT2D eigenvalue weighted by Gasteiger charge is -2.35. The molecule has 4 rings (SSSR count). The summed E-state index contributed by atoms with van der Waals surface area (Å²) in [7, 11) is 0. The molecular weight excluding hydrogens is 408 g/mol. The smallest absolute Gasteiger partial charge is 0.416 e. The molecule has 3 aromatic rings. The van der Waals surface area contributed by atoms with Gasteiger partial charge in [-0.3, -0.25) is 4.79 Å².